The van der Waals surface area contributed by atoms with Crippen molar-refractivity contribution in [2.24, 2.45) is 5.92 Å². The summed E-state index contributed by atoms with van der Waals surface area (Å²) in [5.74, 6) is 0.191. The van der Waals surface area contributed by atoms with E-state index < -0.39 is 0 Å². The molecule has 120 valence electrons. The Morgan fingerprint density at radius 3 is 2.00 bits per heavy atom. The Bertz CT molecular complexity index is 588. The van der Waals surface area contributed by atoms with Gasteiger partial charge in [0.05, 0.1) is 0 Å². The second-order valence-electron chi connectivity index (χ2n) is 5.20. The lowest BCUT2D eigenvalue weighted by molar-refractivity contribution is -0.138. The lowest BCUT2D eigenvalue weighted by Crippen LogP contribution is -1.99. The van der Waals surface area contributed by atoms with Crippen molar-refractivity contribution in [1.82, 2.24) is 0 Å². The first-order chi connectivity index (χ1) is 11.2. The minimum atomic E-state index is -0.390. The molecule has 2 nitrogen and oxygen atoms in total. The Labute approximate surface area is 139 Å². The molecule has 0 bridgehead atoms. The standard InChI is InChI=1S/C11H14.C10H10O2/c1-3-10(2)9-11-7-5-4-6-8-11;1-2-10(11)12-8-9-6-4-3-5-7-9/h3-8,10H,1,9H2,2H3;2-7H,1,8H2. The first-order valence-corrected chi connectivity index (χ1v) is 7.65. The van der Waals surface area contributed by atoms with Gasteiger partial charge in [-0.25, -0.2) is 4.79 Å². The number of carbonyl (C=O) groups excluding carboxylic acids is 1. The fourth-order valence-electron chi connectivity index (χ4n) is 1.86. The lowest BCUT2D eigenvalue weighted by atomic mass is 10.0. The third-order valence-electron chi connectivity index (χ3n) is 3.19. The van der Waals surface area contributed by atoms with Crippen LogP contribution in [0.15, 0.2) is 86.0 Å². The highest BCUT2D eigenvalue weighted by Crippen LogP contribution is 2.07. The molecule has 0 aromatic heterocycles. The Morgan fingerprint density at radius 2 is 1.52 bits per heavy atom. The fraction of sp³-hybridized carbons (Fsp3) is 0.190. The third kappa shape index (κ3) is 8.42. The molecule has 0 aliphatic heterocycles. The van der Waals surface area contributed by atoms with Crippen LogP contribution in [0.5, 0.6) is 0 Å². The topological polar surface area (TPSA) is 26.3 Å². The van der Waals surface area contributed by atoms with E-state index in [1.807, 2.05) is 42.5 Å². The molecule has 0 spiro atoms. The molecule has 2 rings (SSSR count). The van der Waals surface area contributed by atoms with Crippen LogP contribution in [0.4, 0.5) is 0 Å². The van der Waals surface area contributed by atoms with Gasteiger partial charge < -0.3 is 4.74 Å². The van der Waals surface area contributed by atoms with Gasteiger partial charge in [0, 0.05) is 6.08 Å². The number of benzene rings is 2. The first-order valence-electron chi connectivity index (χ1n) is 7.65. The van der Waals surface area contributed by atoms with Crippen LogP contribution in [0.25, 0.3) is 0 Å². The van der Waals surface area contributed by atoms with Crippen molar-refractivity contribution in [3.63, 3.8) is 0 Å². The molecule has 0 aliphatic carbocycles. The summed E-state index contributed by atoms with van der Waals surface area (Å²) in [4.78, 5) is 10.6. The van der Waals surface area contributed by atoms with Crippen LogP contribution < -0.4 is 0 Å². The first kappa shape index (κ1) is 18.4. The quantitative estimate of drug-likeness (QED) is 0.428. The van der Waals surface area contributed by atoms with Crippen molar-refractivity contribution in [2.75, 3.05) is 0 Å². The number of allylic oxidation sites excluding steroid dienone is 1. The van der Waals surface area contributed by atoms with Gasteiger partial charge in [0.15, 0.2) is 0 Å². The maximum atomic E-state index is 10.6. The number of carbonyl (C=O) groups is 1. The molecule has 23 heavy (non-hydrogen) atoms. The summed E-state index contributed by atoms with van der Waals surface area (Å²) >= 11 is 0. The van der Waals surface area contributed by atoms with E-state index in [0.717, 1.165) is 18.1 Å². The van der Waals surface area contributed by atoms with Crippen LogP contribution in [0.1, 0.15) is 18.1 Å². The van der Waals surface area contributed by atoms with Crippen LogP contribution in [0.2, 0.25) is 0 Å². The molecule has 0 N–H and O–H groups in total. The van der Waals surface area contributed by atoms with E-state index in [-0.39, 0.29) is 5.97 Å². The van der Waals surface area contributed by atoms with Crippen LogP contribution in [0, 0.1) is 5.92 Å². The van der Waals surface area contributed by atoms with Gasteiger partial charge in [0.2, 0.25) is 0 Å². The van der Waals surface area contributed by atoms with E-state index in [0.29, 0.717) is 12.5 Å². The van der Waals surface area contributed by atoms with Crippen LogP contribution >= 0.6 is 0 Å². The van der Waals surface area contributed by atoms with Gasteiger partial charge in [-0.15, -0.1) is 6.58 Å². The van der Waals surface area contributed by atoms with E-state index in [1.54, 1.807) is 0 Å². The van der Waals surface area contributed by atoms with Gasteiger partial charge >= 0.3 is 5.97 Å². The Hall–Kier alpha value is -2.61. The van der Waals surface area contributed by atoms with Crippen molar-refractivity contribution in [3.8, 4) is 0 Å². The van der Waals surface area contributed by atoms with E-state index in [4.69, 9.17) is 4.74 Å². The van der Waals surface area contributed by atoms with Crippen molar-refractivity contribution in [1.29, 1.82) is 0 Å². The molecule has 0 aliphatic rings. The largest absolute Gasteiger partial charge is 0.458 e. The van der Waals surface area contributed by atoms with E-state index in [2.05, 4.69) is 44.3 Å². The summed E-state index contributed by atoms with van der Waals surface area (Å²) in [7, 11) is 0. The molecule has 0 saturated carbocycles. The van der Waals surface area contributed by atoms with E-state index in [1.165, 1.54) is 5.56 Å². The fourth-order valence-corrected chi connectivity index (χ4v) is 1.86. The summed E-state index contributed by atoms with van der Waals surface area (Å²) in [6.45, 7) is 9.55. The Kier molecular flexibility index (Phi) is 8.84. The predicted octanol–water partition coefficient (Wildman–Crippen LogP) is 4.97. The van der Waals surface area contributed by atoms with Crippen molar-refractivity contribution < 1.29 is 9.53 Å². The minimum Gasteiger partial charge on any atom is -0.458 e. The van der Waals surface area contributed by atoms with Gasteiger partial charge in [-0.3, -0.25) is 0 Å². The van der Waals surface area contributed by atoms with Crippen molar-refractivity contribution >= 4 is 5.97 Å². The zero-order valence-electron chi connectivity index (χ0n) is 13.7. The maximum Gasteiger partial charge on any atom is 0.330 e. The molecular weight excluding hydrogens is 284 g/mol. The molecule has 0 saturated heterocycles. The van der Waals surface area contributed by atoms with Crippen LogP contribution in [0.3, 0.4) is 0 Å². The van der Waals surface area contributed by atoms with E-state index in [9.17, 15) is 4.79 Å². The van der Waals surface area contributed by atoms with Crippen LogP contribution in [-0.2, 0) is 22.6 Å². The number of hydrogen-bond donors (Lipinski definition) is 0. The average molecular weight is 308 g/mol. The normalized spacial score (nSPS) is 10.7. The molecule has 0 amide bonds. The molecule has 2 aromatic carbocycles. The second-order valence-corrected chi connectivity index (χ2v) is 5.20. The average Bonchev–Trinajstić information content (AvgIpc) is 2.62. The number of hydrogen-bond acceptors (Lipinski definition) is 2. The highest BCUT2D eigenvalue weighted by Gasteiger charge is 1.96. The minimum absolute atomic E-state index is 0.311. The Morgan fingerprint density at radius 1 is 1.00 bits per heavy atom. The van der Waals surface area contributed by atoms with Gasteiger partial charge in [0.25, 0.3) is 0 Å². The monoisotopic (exact) mass is 308 g/mol. The van der Waals surface area contributed by atoms with Crippen molar-refractivity contribution in [2.45, 2.75) is 20.0 Å². The highest BCUT2D eigenvalue weighted by atomic mass is 16.5. The molecule has 1 atom stereocenters. The highest BCUT2D eigenvalue weighted by molar-refractivity contribution is 5.81. The molecular formula is C21H24O2. The molecule has 0 fully saturated rings. The van der Waals surface area contributed by atoms with Gasteiger partial charge in [-0.05, 0) is 23.5 Å². The molecule has 2 heteroatoms. The van der Waals surface area contributed by atoms with Crippen molar-refractivity contribution in [3.05, 3.63) is 97.1 Å². The smallest absolute Gasteiger partial charge is 0.330 e. The third-order valence-corrected chi connectivity index (χ3v) is 3.19. The summed E-state index contributed by atoms with van der Waals surface area (Å²) < 4.78 is 4.82. The molecule has 0 heterocycles. The molecule has 2 aromatic rings. The number of ether oxygens (including phenoxy) is 1. The SMILES string of the molecule is C=CC(=O)OCc1ccccc1.C=CC(C)Cc1ccccc1. The summed E-state index contributed by atoms with van der Waals surface area (Å²) in [5, 5.41) is 0. The molecule has 1 unspecified atom stereocenters. The second kappa shape index (κ2) is 11.0. The lowest BCUT2D eigenvalue weighted by Gasteiger charge is -2.04. The van der Waals surface area contributed by atoms with Gasteiger partial charge in [-0.1, -0.05) is 80.2 Å². The predicted molar refractivity (Wildman–Crippen MR) is 95.9 cm³/mol. The van der Waals surface area contributed by atoms with Crippen LogP contribution in [-0.4, -0.2) is 5.97 Å². The van der Waals surface area contributed by atoms with Gasteiger partial charge in [0.1, 0.15) is 6.61 Å². The zero-order chi connectivity index (χ0) is 16.9. The maximum absolute atomic E-state index is 10.6. The summed E-state index contributed by atoms with van der Waals surface area (Å²) in [6, 6.07) is 20.0. The summed E-state index contributed by atoms with van der Waals surface area (Å²) in [5.41, 5.74) is 2.37. The molecule has 0 radical (unpaired) electrons. The number of esters is 1. The van der Waals surface area contributed by atoms with Gasteiger partial charge in [-0.2, -0.15) is 0 Å². The zero-order valence-corrected chi connectivity index (χ0v) is 13.7. The summed E-state index contributed by atoms with van der Waals surface area (Å²) in [6.07, 6.45) is 4.25. The number of rotatable bonds is 6. The Balaban J connectivity index is 0.000000231. The van der Waals surface area contributed by atoms with E-state index >= 15 is 0 Å².